The third-order valence-electron chi connectivity index (χ3n) is 3.57. The summed E-state index contributed by atoms with van der Waals surface area (Å²) in [7, 11) is 2.10. The molecule has 3 heteroatoms. The molecule has 1 rings (SSSR count). The van der Waals surface area contributed by atoms with Gasteiger partial charge in [-0.25, -0.2) is 0 Å². The van der Waals surface area contributed by atoms with E-state index >= 15 is 0 Å². The van der Waals surface area contributed by atoms with Gasteiger partial charge < -0.3 is 15.7 Å². The largest absolute Gasteiger partial charge is 0.394 e. The monoisotopic (exact) mass is 214 g/mol. The van der Waals surface area contributed by atoms with Crippen LogP contribution < -0.4 is 5.73 Å². The van der Waals surface area contributed by atoms with Gasteiger partial charge in [0, 0.05) is 13.1 Å². The highest BCUT2D eigenvalue weighted by atomic mass is 16.3. The number of nitrogens with two attached hydrogens (primary N) is 1. The average Bonchev–Trinajstić information content (AvgIpc) is 3.00. The molecule has 0 aliphatic heterocycles. The van der Waals surface area contributed by atoms with Crippen LogP contribution in [0.4, 0.5) is 0 Å². The average molecular weight is 214 g/mol. The smallest absolute Gasteiger partial charge is 0.0626 e. The molecule has 2 unspecified atom stereocenters. The van der Waals surface area contributed by atoms with Gasteiger partial charge in [0.25, 0.3) is 0 Å². The van der Waals surface area contributed by atoms with Crippen molar-refractivity contribution in [2.45, 2.75) is 38.6 Å². The fraction of sp³-hybridized carbons (Fsp3) is 1.00. The molecular formula is C12H26N2O. The summed E-state index contributed by atoms with van der Waals surface area (Å²) >= 11 is 0. The summed E-state index contributed by atoms with van der Waals surface area (Å²) in [4.78, 5) is 2.27. The predicted octanol–water partition coefficient (Wildman–Crippen LogP) is 1.06. The van der Waals surface area contributed by atoms with Crippen molar-refractivity contribution in [3.8, 4) is 0 Å². The summed E-state index contributed by atoms with van der Waals surface area (Å²) in [5.41, 5.74) is 5.87. The maximum Gasteiger partial charge on any atom is 0.0626 e. The third kappa shape index (κ3) is 3.74. The molecular weight excluding hydrogens is 188 g/mol. The maximum absolute atomic E-state index is 9.38. The number of nitrogens with zero attached hydrogens (tertiary/aromatic N) is 1. The van der Waals surface area contributed by atoms with Crippen molar-refractivity contribution >= 4 is 0 Å². The van der Waals surface area contributed by atoms with Gasteiger partial charge >= 0.3 is 0 Å². The first-order valence-electron chi connectivity index (χ1n) is 6.10. The van der Waals surface area contributed by atoms with Gasteiger partial charge in [-0.1, -0.05) is 20.3 Å². The summed E-state index contributed by atoms with van der Waals surface area (Å²) in [6.07, 6.45) is 3.58. The van der Waals surface area contributed by atoms with Crippen LogP contribution in [0.25, 0.3) is 0 Å². The Morgan fingerprint density at radius 1 is 1.53 bits per heavy atom. The van der Waals surface area contributed by atoms with Gasteiger partial charge in [-0.15, -0.1) is 0 Å². The molecule has 1 aliphatic rings. The molecule has 0 amide bonds. The Balaban J connectivity index is 2.37. The van der Waals surface area contributed by atoms with Gasteiger partial charge in [0.15, 0.2) is 0 Å². The van der Waals surface area contributed by atoms with Crippen LogP contribution in [0.15, 0.2) is 0 Å². The van der Waals surface area contributed by atoms with Crippen LogP contribution in [-0.2, 0) is 0 Å². The second-order valence-corrected chi connectivity index (χ2v) is 5.38. The molecule has 3 N–H and O–H groups in total. The Morgan fingerprint density at radius 3 is 2.53 bits per heavy atom. The topological polar surface area (TPSA) is 49.5 Å². The van der Waals surface area contributed by atoms with Crippen molar-refractivity contribution in [1.82, 2.24) is 4.90 Å². The highest BCUT2D eigenvalue weighted by molar-refractivity contribution is 5.00. The van der Waals surface area contributed by atoms with E-state index in [1.807, 2.05) is 0 Å². The highest BCUT2D eigenvalue weighted by Gasteiger charge is 2.42. The van der Waals surface area contributed by atoms with Crippen molar-refractivity contribution in [2.75, 3.05) is 26.7 Å². The zero-order valence-corrected chi connectivity index (χ0v) is 10.4. The zero-order chi connectivity index (χ0) is 11.5. The van der Waals surface area contributed by atoms with Crippen LogP contribution in [-0.4, -0.2) is 42.3 Å². The van der Waals surface area contributed by atoms with Gasteiger partial charge in [-0.05, 0) is 31.7 Å². The quantitative estimate of drug-likeness (QED) is 0.666. The first-order valence-corrected chi connectivity index (χ1v) is 6.10. The minimum Gasteiger partial charge on any atom is -0.394 e. The number of hydrogen-bond acceptors (Lipinski definition) is 3. The Labute approximate surface area is 93.6 Å². The fourth-order valence-corrected chi connectivity index (χ4v) is 2.19. The van der Waals surface area contributed by atoms with Crippen LogP contribution in [0.1, 0.15) is 33.1 Å². The number of aliphatic hydroxyl groups excluding tert-OH is 1. The Kier molecular flexibility index (Phi) is 4.56. The molecule has 15 heavy (non-hydrogen) atoms. The van der Waals surface area contributed by atoms with E-state index in [0.29, 0.717) is 11.8 Å². The zero-order valence-electron chi connectivity index (χ0n) is 10.4. The second-order valence-electron chi connectivity index (χ2n) is 5.38. The third-order valence-corrected chi connectivity index (χ3v) is 3.57. The summed E-state index contributed by atoms with van der Waals surface area (Å²) in [5.74, 6) is 1.25. The van der Waals surface area contributed by atoms with E-state index in [9.17, 15) is 5.11 Å². The van der Waals surface area contributed by atoms with E-state index in [2.05, 4.69) is 25.8 Å². The number of hydrogen-bond donors (Lipinski definition) is 2. The predicted molar refractivity (Wildman–Crippen MR) is 63.7 cm³/mol. The van der Waals surface area contributed by atoms with Crippen molar-refractivity contribution in [3.63, 3.8) is 0 Å². The number of rotatable bonds is 7. The second kappa shape index (κ2) is 5.28. The first-order chi connectivity index (χ1) is 7.01. The molecule has 1 aliphatic carbocycles. The van der Waals surface area contributed by atoms with E-state index in [1.165, 1.54) is 19.3 Å². The standard InChI is InChI=1S/C12H26N2O/c1-4-10(2)7-14(3)8-12(13,9-15)11-5-6-11/h10-11,15H,4-9,13H2,1-3H3. The van der Waals surface area contributed by atoms with Gasteiger partial charge in [0.2, 0.25) is 0 Å². The maximum atomic E-state index is 9.38. The molecule has 3 nitrogen and oxygen atoms in total. The lowest BCUT2D eigenvalue weighted by Crippen LogP contribution is -2.54. The Morgan fingerprint density at radius 2 is 2.13 bits per heavy atom. The van der Waals surface area contributed by atoms with Gasteiger partial charge in [0.1, 0.15) is 0 Å². The van der Waals surface area contributed by atoms with Crippen molar-refractivity contribution in [2.24, 2.45) is 17.6 Å². The lowest BCUT2D eigenvalue weighted by atomic mass is 9.94. The van der Waals surface area contributed by atoms with Crippen LogP contribution in [0.3, 0.4) is 0 Å². The van der Waals surface area contributed by atoms with Crippen LogP contribution in [0.5, 0.6) is 0 Å². The van der Waals surface area contributed by atoms with Crippen LogP contribution >= 0.6 is 0 Å². The Hall–Kier alpha value is -0.120. The summed E-state index contributed by atoms with van der Waals surface area (Å²) in [6.45, 7) is 6.47. The lowest BCUT2D eigenvalue weighted by Gasteiger charge is -2.33. The molecule has 0 bridgehead atoms. The van der Waals surface area contributed by atoms with Crippen LogP contribution in [0, 0.1) is 11.8 Å². The minimum atomic E-state index is -0.359. The number of likely N-dealkylation sites (N-methyl/N-ethyl adjacent to an activating group) is 1. The SMILES string of the molecule is CCC(C)CN(C)CC(N)(CO)C1CC1. The van der Waals surface area contributed by atoms with E-state index in [0.717, 1.165) is 13.1 Å². The van der Waals surface area contributed by atoms with E-state index in [-0.39, 0.29) is 12.1 Å². The molecule has 0 heterocycles. The minimum absolute atomic E-state index is 0.114. The van der Waals surface area contributed by atoms with Crippen molar-refractivity contribution < 1.29 is 5.11 Å². The molecule has 0 aromatic rings. The molecule has 0 saturated heterocycles. The molecule has 0 aromatic carbocycles. The molecule has 0 radical (unpaired) electrons. The molecule has 1 saturated carbocycles. The first kappa shape index (κ1) is 12.9. The van der Waals surface area contributed by atoms with E-state index in [4.69, 9.17) is 5.73 Å². The molecule has 2 atom stereocenters. The van der Waals surface area contributed by atoms with Crippen LogP contribution in [0.2, 0.25) is 0 Å². The molecule has 90 valence electrons. The van der Waals surface area contributed by atoms with Crippen molar-refractivity contribution in [3.05, 3.63) is 0 Å². The highest BCUT2D eigenvalue weighted by Crippen LogP contribution is 2.38. The Bertz CT molecular complexity index is 194. The molecule has 1 fully saturated rings. The summed E-state index contributed by atoms with van der Waals surface area (Å²) in [5, 5.41) is 9.38. The van der Waals surface area contributed by atoms with E-state index in [1.54, 1.807) is 0 Å². The van der Waals surface area contributed by atoms with Gasteiger partial charge in [0.05, 0.1) is 12.1 Å². The summed E-state index contributed by atoms with van der Waals surface area (Å²) in [6, 6.07) is 0. The lowest BCUT2D eigenvalue weighted by molar-refractivity contribution is 0.126. The van der Waals surface area contributed by atoms with E-state index < -0.39 is 0 Å². The van der Waals surface area contributed by atoms with Gasteiger partial charge in [-0.3, -0.25) is 0 Å². The molecule has 0 aromatic heterocycles. The summed E-state index contributed by atoms with van der Waals surface area (Å²) < 4.78 is 0. The number of aliphatic hydroxyl groups is 1. The van der Waals surface area contributed by atoms with Gasteiger partial charge in [-0.2, -0.15) is 0 Å². The van der Waals surface area contributed by atoms with Crippen molar-refractivity contribution in [1.29, 1.82) is 0 Å². The fourth-order valence-electron chi connectivity index (χ4n) is 2.19. The molecule has 0 spiro atoms. The normalized spacial score (nSPS) is 22.8.